The van der Waals surface area contributed by atoms with Crippen molar-refractivity contribution in [3.05, 3.63) is 29.6 Å². The standard InChI is InChI=1S/C14H19FN2O3/c1-8(2)9(3)17-13(18)7-20-14(19)10-4-5-11(15)12(16)6-10/h4-6,8-9H,7,16H2,1-3H3,(H,17,18). The van der Waals surface area contributed by atoms with E-state index in [1.165, 1.54) is 12.1 Å². The summed E-state index contributed by atoms with van der Waals surface area (Å²) in [6.45, 7) is 5.43. The molecule has 0 aliphatic carbocycles. The molecular formula is C14H19FN2O3. The number of carbonyl (C=O) groups is 2. The molecule has 1 atom stereocenters. The number of ether oxygens (including phenoxy) is 1. The number of nitrogens with one attached hydrogen (secondary N) is 1. The highest BCUT2D eigenvalue weighted by molar-refractivity contribution is 5.92. The molecule has 1 amide bonds. The Morgan fingerprint density at radius 1 is 1.35 bits per heavy atom. The molecule has 0 bridgehead atoms. The van der Waals surface area contributed by atoms with E-state index in [9.17, 15) is 14.0 Å². The van der Waals surface area contributed by atoms with Crippen LogP contribution in [0.3, 0.4) is 0 Å². The lowest BCUT2D eigenvalue weighted by atomic mass is 10.1. The van der Waals surface area contributed by atoms with Gasteiger partial charge >= 0.3 is 5.97 Å². The van der Waals surface area contributed by atoms with Gasteiger partial charge in [-0.1, -0.05) is 13.8 Å². The van der Waals surface area contributed by atoms with Crippen LogP contribution < -0.4 is 11.1 Å². The van der Waals surface area contributed by atoms with E-state index in [2.05, 4.69) is 5.32 Å². The molecule has 1 aromatic rings. The smallest absolute Gasteiger partial charge is 0.338 e. The minimum Gasteiger partial charge on any atom is -0.452 e. The number of anilines is 1. The predicted octanol–water partition coefficient (Wildman–Crippen LogP) is 1.73. The minimum atomic E-state index is -0.718. The quantitative estimate of drug-likeness (QED) is 0.636. The van der Waals surface area contributed by atoms with Gasteiger partial charge in [-0.2, -0.15) is 0 Å². The van der Waals surface area contributed by atoms with Crippen LogP contribution in [0.5, 0.6) is 0 Å². The van der Waals surface area contributed by atoms with Crippen LogP contribution in [0.25, 0.3) is 0 Å². The number of benzene rings is 1. The Kier molecular flexibility index (Phi) is 5.49. The predicted molar refractivity (Wildman–Crippen MR) is 73.5 cm³/mol. The number of carbonyl (C=O) groups excluding carboxylic acids is 2. The van der Waals surface area contributed by atoms with E-state index >= 15 is 0 Å². The molecule has 0 radical (unpaired) electrons. The first kappa shape index (κ1) is 15.9. The van der Waals surface area contributed by atoms with Crippen LogP contribution in [0.2, 0.25) is 0 Å². The normalized spacial score (nSPS) is 12.1. The number of nitrogens with two attached hydrogens (primary N) is 1. The van der Waals surface area contributed by atoms with Gasteiger partial charge in [0.05, 0.1) is 11.3 Å². The van der Waals surface area contributed by atoms with E-state index in [0.29, 0.717) is 0 Å². The van der Waals surface area contributed by atoms with Crippen molar-refractivity contribution in [2.24, 2.45) is 5.92 Å². The van der Waals surface area contributed by atoms with Crippen LogP contribution in [-0.4, -0.2) is 24.5 Å². The molecular weight excluding hydrogens is 263 g/mol. The maximum absolute atomic E-state index is 13.0. The van der Waals surface area contributed by atoms with E-state index in [1.807, 2.05) is 20.8 Å². The average Bonchev–Trinajstić information content (AvgIpc) is 2.39. The molecule has 20 heavy (non-hydrogen) atoms. The van der Waals surface area contributed by atoms with Gasteiger partial charge in [0, 0.05) is 6.04 Å². The third-order valence-electron chi connectivity index (χ3n) is 2.95. The fourth-order valence-corrected chi connectivity index (χ4v) is 1.35. The second-order valence-electron chi connectivity index (χ2n) is 4.91. The van der Waals surface area contributed by atoms with Crippen molar-refractivity contribution in [1.29, 1.82) is 0 Å². The van der Waals surface area contributed by atoms with Gasteiger partial charge in [0.1, 0.15) is 5.82 Å². The summed E-state index contributed by atoms with van der Waals surface area (Å²) >= 11 is 0. The Balaban J connectivity index is 2.51. The van der Waals surface area contributed by atoms with Gasteiger partial charge in [-0.15, -0.1) is 0 Å². The maximum Gasteiger partial charge on any atom is 0.338 e. The van der Waals surface area contributed by atoms with Gasteiger partial charge < -0.3 is 15.8 Å². The van der Waals surface area contributed by atoms with Crippen LogP contribution in [0.15, 0.2) is 18.2 Å². The van der Waals surface area contributed by atoms with Crippen LogP contribution in [0.1, 0.15) is 31.1 Å². The molecule has 3 N–H and O–H groups in total. The number of amides is 1. The molecule has 0 aromatic heterocycles. The fourth-order valence-electron chi connectivity index (χ4n) is 1.35. The van der Waals surface area contributed by atoms with Gasteiger partial charge in [0.15, 0.2) is 6.61 Å². The topological polar surface area (TPSA) is 81.4 Å². The molecule has 0 aliphatic rings. The number of rotatable bonds is 5. The zero-order valence-electron chi connectivity index (χ0n) is 11.8. The highest BCUT2D eigenvalue weighted by atomic mass is 19.1. The zero-order valence-corrected chi connectivity index (χ0v) is 11.8. The molecule has 5 nitrogen and oxygen atoms in total. The second-order valence-corrected chi connectivity index (χ2v) is 4.91. The fraction of sp³-hybridized carbons (Fsp3) is 0.429. The lowest BCUT2D eigenvalue weighted by molar-refractivity contribution is -0.125. The van der Waals surface area contributed by atoms with Gasteiger partial charge in [-0.25, -0.2) is 9.18 Å². The molecule has 1 unspecified atom stereocenters. The zero-order chi connectivity index (χ0) is 15.3. The highest BCUT2D eigenvalue weighted by Crippen LogP contribution is 2.13. The number of halogens is 1. The van der Waals surface area contributed by atoms with Crippen molar-refractivity contribution in [1.82, 2.24) is 5.32 Å². The van der Waals surface area contributed by atoms with Crippen LogP contribution in [-0.2, 0) is 9.53 Å². The molecule has 0 heterocycles. The van der Waals surface area contributed by atoms with Crippen molar-refractivity contribution < 1.29 is 18.7 Å². The van der Waals surface area contributed by atoms with Crippen molar-refractivity contribution in [3.8, 4) is 0 Å². The van der Waals surface area contributed by atoms with Gasteiger partial charge in [0.2, 0.25) is 0 Å². The molecule has 1 rings (SSSR count). The number of hydrogen-bond donors (Lipinski definition) is 2. The van der Waals surface area contributed by atoms with Crippen molar-refractivity contribution in [2.45, 2.75) is 26.8 Å². The summed E-state index contributed by atoms with van der Waals surface area (Å²) in [7, 11) is 0. The first-order chi connectivity index (χ1) is 9.31. The summed E-state index contributed by atoms with van der Waals surface area (Å²) < 4.78 is 17.8. The Hall–Kier alpha value is -2.11. The Morgan fingerprint density at radius 3 is 2.55 bits per heavy atom. The van der Waals surface area contributed by atoms with E-state index in [0.717, 1.165) is 6.07 Å². The lowest BCUT2D eigenvalue weighted by Crippen LogP contribution is -2.38. The molecule has 0 saturated carbocycles. The Bertz CT molecular complexity index is 503. The SMILES string of the molecule is CC(C)C(C)NC(=O)COC(=O)c1ccc(F)c(N)c1. The first-order valence-electron chi connectivity index (χ1n) is 6.32. The first-order valence-corrected chi connectivity index (χ1v) is 6.32. The largest absolute Gasteiger partial charge is 0.452 e. The van der Waals surface area contributed by atoms with Crippen LogP contribution in [0.4, 0.5) is 10.1 Å². The lowest BCUT2D eigenvalue weighted by Gasteiger charge is -2.17. The van der Waals surface area contributed by atoms with E-state index < -0.39 is 11.8 Å². The summed E-state index contributed by atoms with van der Waals surface area (Å²) in [5.74, 6) is -1.42. The molecule has 0 aliphatic heterocycles. The third-order valence-corrected chi connectivity index (χ3v) is 2.95. The van der Waals surface area contributed by atoms with Crippen molar-refractivity contribution in [2.75, 3.05) is 12.3 Å². The van der Waals surface area contributed by atoms with E-state index in [1.54, 1.807) is 0 Å². The second kappa shape index (κ2) is 6.88. The average molecular weight is 282 g/mol. The number of hydrogen-bond acceptors (Lipinski definition) is 4. The highest BCUT2D eigenvalue weighted by Gasteiger charge is 2.14. The van der Waals surface area contributed by atoms with E-state index in [4.69, 9.17) is 10.5 Å². The van der Waals surface area contributed by atoms with Gasteiger partial charge in [0.25, 0.3) is 5.91 Å². The summed E-state index contributed by atoms with van der Waals surface area (Å²) in [4.78, 5) is 23.2. The third kappa shape index (κ3) is 4.53. The Labute approximate surface area is 117 Å². The van der Waals surface area contributed by atoms with Crippen LogP contribution in [0, 0.1) is 11.7 Å². The molecule has 0 fully saturated rings. The van der Waals surface area contributed by atoms with Gasteiger partial charge in [-0.05, 0) is 31.0 Å². The maximum atomic E-state index is 13.0. The van der Waals surface area contributed by atoms with E-state index in [-0.39, 0.29) is 35.7 Å². The van der Waals surface area contributed by atoms with Crippen molar-refractivity contribution >= 4 is 17.6 Å². The summed E-state index contributed by atoms with van der Waals surface area (Å²) in [5.41, 5.74) is 5.32. The molecule has 6 heteroatoms. The number of esters is 1. The number of nitrogen functional groups attached to an aromatic ring is 1. The molecule has 0 spiro atoms. The minimum absolute atomic E-state index is 0.0114. The molecule has 0 saturated heterocycles. The van der Waals surface area contributed by atoms with Gasteiger partial charge in [-0.3, -0.25) is 4.79 Å². The monoisotopic (exact) mass is 282 g/mol. The Morgan fingerprint density at radius 2 is 2.00 bits per heavy atom. The summed E-state index contributed by atoms with van der Waals surface area (Å²) in [6.07, 6.45) is 0. The summed E-state index contributed by atoms with van der Waals surface area (Å²) in [5, 5.41) is 2.71. The van der Waals surface area contributed by atoms with Crippen molar-refractivity contribution in [3.63, 3.8) is 0 Å². The van der Waals surface area contributed by atoms with Crippen LogP contribution >= 0.6 is 0 Å². The molecule has 110 valence electrons. The summed E-state index contributed by atoms with van der Waals surface area (Å²) in [6, 6.07) is 3.49. The molecule has 1 aromatic carbocycles.